The monoisotopic (exact) mass is 261 g/mol. The second-order valence-electron chi connectivity index (χ2n) is 5.19. The second kappa shape index (κ2) is 4.74. The van der Waals surface area contributed by atoms with E-state index >= 15 is 0 Å². The molecule has 1 fully saturated rings. The first-order valence-electron chi connectivity index (χ1n) is 6.49. The second-order valence-corrected chi connectivity index (χ2v) is 5.19. The molecule has 19 heavy (non-hydrogen) atoms. The molecule has 4 nitrogen and oxygen atoms in total. The van der Waals surface area contributed by atoms with Crippen molar-refractivity contribution in [2.45, 2.75) is 38.1 Å². The molecule has 0 radical (unpaired) electrons. The number of hydrogen-bond acceptors (Lipinski definition) is 4. The molecule has 2 N–H and O–H groups in total. The molecule has 2 aromatic rings. The molecule has 1 aromatic heterocycles. The van der Waals surface area contributed by atoms with Crippen LogP contribution in [0.15, 0.2) is 22.7 Å². The van der Waals surface area contributed by atoms with Gasteiger partial charge in [-0.1, -0.05) is 11.2 Å². The summed E-state index contributed by atoms with van der Waals surface area (Å²) in [5.41, 5.74) is 7.49. The van der Waals surface area contributed by atoms with Gasteiger partial charge in [0.2, 0.25) is 11.7 Å². The zero-order valence-electron chi connectivity index (χ0n) is 10.8. The van der Waals surface area contributed by atoms with Gasteiger partial charge in [0, 0.05) is 17.5 Å². The molecule has 0 unspecified atom stereocenters. The van der Waals surface area contributed by atoms with Crippen molar-refractivity contribution in [3.8, 4) is 11.4 Å². The molecule has 0 amide bonds. The molecule has 1 heterocycles. The molecule has 1 aromatic carbocycles. The number of nitrogens with zero attached hydrogens (tertiary/aromatic N) is 2. The van der Waals surface area contributed by atoms with Gasteiger partial charge in [0.15, 0.2) is 0 Å². The third-order valence-corrected chi connectivity index (χ3v) is 3.70. The summed E-state index contributed by atoms with van der Waals surface area (Å²) in [6.45, 7) is 1.90. The largest absolute Gasteiger partial charge is 0.339 e. The van der Waals surface area contributed by atoms with Gasteiger partial charge in [-0.3, -0.25) is 0 Å². The number of rotatable bonds is 2. The molecule has 3 rings (SSSR count). The van der Waals surface area contributed by atoms with Gasteiger partial charge in [-0.15, -0.1) is 0 Å². The van der Waals surface area contributed by atoms with Crippen molar-refractivity contribution < 1.29 is 8.91 Å². The molecule has 1 aliphatic rings. The van der Waals surface area contributed by atoms with Crippen molar-refractivity contribution in [1.82, 2.24) is 10.1 Å². The number of aromatic nitrogens is 2. The molecule has 2 atom stereocenters. The average molecular weight is 261 g/mol. The highest BCUT2D eigenvalue weighted by molar-refractivity contribution is 5.59. The highest BCUT2D eigenvalue weighted by atomic mass is 19.1. The van der Waals surface area contributed by atoms with E-state index in [0.29, 0.717) is 17.3 Å². The van der Waals surface area contributed by atoms with E-state index < -0.39 is 0 Å². The van der Waals surface area contributed by atoms with Crippen molar-refractivity contribution >= 4 is 0 Å². The van der Waals surface area contributed by atoms with Crippen molar-refractivity contribution in [3.05, 3.63) is 35.5 Å². The Labute approximate surface area is 110 Å². The summed E-state index contributed by atoms with van der Waals surface area (Å²) in [7, 11) is 0. The van der Waals surface area contributed by atoms with Gasteiger partial charge in [0.1, 0.15) is 5.82 Å². The molecule has 0 bridgehead atoms. The van der Waals surface area contributed by atoms with Crippen LogP contribution in [0.1, 0.15) is 36.6 Å². The Morgan fingerprint density at radius 2 is 2.21 bits per heavy atom. The predicted molar refractivity (Wildman–Crippen MR) is 69.0 cm³/mol. The summed E-state index contributed by atoms with van der Waals surface area (Å²) in [6, 6.07) is 4.79. The maximum Gasteiger partial charge on any atom is 0.230 e. The number of benzene rings is 1. The molecule has 5 heteroatoms. The zero-order valence-corrected chi connectivity index (χ0v) is 10.8. The Hall–Kier alpha value is -1.75. The zero-order chi connectivity index (χ0) is 13.4. The van der Waals surface area contributed by atoms with E-state index in [2.05, 4.69) is 10.1 Å². The lowest BCUT2D eigenvalue weighted by atomic mass is 10.1. The maximum absolute atomic E-state index is 13.3. The fourth-order valence-electron chi connectivity index (χ4n) is 2.59. The van der Waals surface area contributed by atoms with Gasteiger partial charge in [-0.25, -0.2) is 4.39 Å². The molecular formula is C14H16FN3O. The van der Waals surface area contributed by atoms with Crippen LogP contribution >= 0.6 is 0 Å². The summed E-state index contributed by atoms with van der Waals surface area (Å²) in [5.74, 6) is 1.01. The lowest BCUT2D eigenvalue weighted by Crippen LogP contribution is -2.14. The van der Waals surface area contributed by atoms with Crippen molar-refractivity contribution in [2.24, 2.45) is 5.73 Å². The Morgan fingerprint density at radius 3 is 2.95 bits per heavy atom. The summed E-state index contributed by atoms with van der Waals surface area (Å²) in [5, 5.41) is 3.96. The van der Waals surface area contributed by atoms with E-state index in [0.717, 1.165) is 24.8 Å². The quantitative estimate of drug-likeness (QED) is 0.902. The highest BCUT2D eigenvalue weighted by Gasteiger charge is 2.28. The van der Waals surface area contributed by atoms with E-state index in [1.807, 2.05) is 6.92 Å². The number of hydrogen-bond donors (Lipinski definition) is 1. The topological polar surface area (TPSA) is 64.9 Å². The Kier molecular flexibility index (Phi) is 3.06. The maximum atomic E-state index is 13.3. The van der Waals surface area contributed by atoms with Crippen LogP contribution in [0.2, 0.25) is 0 Å². The van der Waals surface area contributed by atoms with Crippen molar-refractivity contribution in [2.75, 3.05) is 0 Å². The summed E-state index contributed by atoms with van der Waals surface area (Å²) in [6.07, 6.45) is 2.84. The average Bonchev–Trinajstić information content (AvgIpc) is 3.00. The van der Waals surface area contributed by atoms with Gasteiger partial charge in [-0.05, 0) is 43.9 Å². The fourth-order valence-corrected chi connectivity index (χ4v) is 2.59. The van der Waals surface area contributed by atoms with Crippen LogP contribution < -0.4 is 5.73 Å². The molecule has 100 valence electrons. The van der Waals surface area contributed by atoms with Gasteiger partial charge in [0.25, 0.3) is 0 Å². The third-order valence-electron chi connectivity index (χ3n) is 3.70. The van der Waals surface area contributed by atoms with Crippen LogP contribution in [-0.4, -0.2) is 16.2 Å². The van der Waals surface area contributed by atoms with Crippen LogP contribution in [-0.2, 0) is 0 Å². The number of aryl methyl sites for hydroxylation is 1. The van der Waals surface area contributed by atoms with Crippen LogP contribution in [0.25, 0.3) is 11.4 Å². The Bertz CT molecular complexity index is 596. The molecule has 0 aliphatic heterocycles. The number of halogens is 1. The minimum Gasteiger partial charge on any atom is -0.339 e. The molecule has 1 aliphatic carbocycles. The van der Waals surface area contributed by atoms with Gasteiger partial charge in [0.05, 0.1) is 0 Å². The minimum absolute atomic E-state index is 0.219. The minimum atomic E-state index is -0.296. The first-order chi connectivity index (χ1) is 9.13. The Morgan fingerprint density at radius 1 is 1.37 bits per heavy atom. The van der Waals surface area contributed by atoms with Crippen LogP contribution in [0.5, 0.6) is 0 Å². The standard InChI is InChI=1S/C14H16FN3O/c1-8-2-4-10(15)7-12(8)13-17-14(19-18-13)9-3-5-11(16)6-9/h2,4,7,9,11H,3,5-6,16H2,1H3/t9-,11+/m1/s1. The van der Waals surface area contributed by atoms with E-state index in [4.69, 9.17) is 10.3 Å². The van der Waals surface area contributed by atoms with Gasteiger partial charge >= 0.3 is 0 Å². The molecule has 0 spiro atoms. The SMILES string of the molecule is Cc1ccc(F)cc1-c1noc([C@@H]2CC[C@H](N)C2)n1. The first-order valence-corrected chi connectivity index (χ1v) is 6.49. The van der Waals surface area contributed by atoms with Crippen molar-refractivity contribution in [1.29, 1.82) is 0 Å². The Balaban J connectivity index is 1.90. The van der Waals surface area contributed by atoms with Crippen LogP contribution in [0.4, 0.5) is 4.39 Å². The molecule has 0 saturated heterocycles. The summed E-state index contributed by atoms with van der Waals surface area (Å²) in [4.78, 5) is 4.40. The lowest BCUT2D eigenvalue weighted by Gasteiger charge is -2.02. The smallest absolute Gasteiger partial charge is 0.230 e. The van der Waals surface area contributed by atoms with E-state index in [9.17, 15) is 4.39 Å². The normalized spacial score (nSPS) is 22.9. The van der Waals surface area contributed by atoms with E-state index in [1.54, 1.807) is 6.07 Å². The van der Waals surface area contributed by atoms with Crippen LogP contribution in [0, 0.1) is 12.7 Å². The fraction of sp³-hybridized carbons (Fsp3) is 0.429. The number of nitrogens with two attached hydrogens (primary N) is 1. The van der Waals surface area contributed by atoms with Crippen LogP contribution in [0.3, 0.4) is 0 Å². The van der Waals surface area contributed by atoms with Gasteiger partial charge < -0.3 is 10.3 Å². The predicted octanol–water partition coefficient (Wildman–Crippen LogP) is 2.78. The molecule has 1 saturated carbocycles. The van der Waals surface area contributed by atoms with E-state index in [1.165, 1.54) is 12.1 Å². The third kappa shape index (κ3) is 2.38. The van der Waals surface area contributed by atoms with E-state index in [-0.39, 0.29) is 17.8 Å². The summed E-state index contributed by atoms with van der Waals surface area (Å²) < 4.78 is 18.6. The molecular weight excluding hydrogens is 245 g/mol. The summed E-state index contributed by atoms with van der Waals surface area (Å²) >= 11 is 0. The van der Waals surface area contributed by atoms with Gasteiger partial charge in [-0.2, -0.15) is 4.98 Å². The first kappa shape index (κ1) is 12.3. The highest BCUT2D eigenvalue weighted by Crippen LogP contribution is 2.33. The van der Waals surface area contributed by atoms with Crippen molar-refractivity contribution in [3.63, 3.8) is 0 Å². The lowest BCUT2D eigenvalue weighted by molar-refractivity contribution is 0.353.